The first-order valence-corrected chi connectivity index (χ1v) is 29.0. The van der Waals surface area contributed by atoms with Crippen LogP contribution in [0.25, 0.3) is 0 Å². The number of carbonyl (C=O) groups is 7. The zero-order valence-corrected chi connectivity index (χ0v) is 49.1. The lowest BCUT2D eigenvalue weighted by Crippen LogP contribution is -2.52. The molecular formula is C62H71N11O15. The van der Waals surface area contributed by atoms with E-state index in [1.165, 1.54) is 83.1 Å². The summed E-state index contributed by atoms with van der Waals surface area (Å²) < 4.78 is 15.0. The molecule has 2 aromatic carbocycles. The SMILES string of the molecule is CCCOCCNC(=O)C1CCN(C(=O)c2cccc(=O)n2C)CCCCN(C(=O)c2cccc(=O)n2OCc2ccccc2)CCCNC(=O)c2ccc(n(C)c2=O)C(=O)N[C@@H]2COC[C@@H]2NC(=O)c2ccc(c(=O)n2OCc2ccccc2)C(=O)N1. The van der Waals surface area contributed by atoms with Crippen molar-refractivity contribution in [3.63, 3.8) is 0 Å². The summed E-state index contributed by atoms with van der Waals surface area (Å²) >= 11 is 0. The van der Waals surface area contributed by atoms with E-state index in [1.54, 1.807) is 54.6 Å². The second-order valence-corrected chi connectivity index (χ2v) is 20.9. The van der Waals surface area contributed by atoms with Crippen molar-refractivity contribution in [1.29, 1.82) is 0 Å². The van der Waals surface area contributed by atoms with Crippen molar-refractivity contribution in [1.82, 2.24) is 55.0 Å². The van der Waals surface area contributed by atoms with E-state index < -0.39 is 87.3 Å². The van der Waals surface area contributed by atoms with Gasteiger partial charge < -0.3 is 64.7 Å². The topological polar surface area (TPSA) is 311 Å². The predicted molar refractivity (Wildman–Crippen MR) is 320 cm³/mol. The second-order valence-electron chi connectivity index (χ2n) is 20.9. The predicted octanol–water partition coefficient (Wildman–Crippen LogP) is 0.822. The Morgan fingerprint density at radius 1 is 0.545 bits per heavy atom. The largest absolute Gasteiger partial charge is 0.405 e. The smallest absolute Gasteiger partial charge is 0.296 e. The van der Waals surface area contributed by atoms with E-state index in [1.807, 2.05) is 13.0 Å². The van der Waals surface area contributed by atoms with Crippen LogP contribution in [-0.2, 0) is 41.6 Å². The molecule has 10 rings (SSSR count). The van der Waals surface area contributed by atoms with Crippen molar-refractivity contribution >= 4 is 41.4 Å². The molecule has 4 aromatic heterocycles. The van der Waals surface area contributed by atoms with Crippen LogP contribution in [-0.4, -0.2) is 154 Å². The zero-order valence-electron chi connectivity index (χ0n) is 49.1. The number of hydrogen-bond acceptors (Lipinski definition) is 15. The molecule has 464 valence electrons. The van der Waals surface area contributed by atoms with Crippen molar-refractivity contribution in [2.24, 2.45) is 14.1 Å². The van der Waals surface area contributed by atoms with Crippen molar-refractivity contribution in [2.45, 2.75) is 70.4 Å². The molecule has 4 aliphatic heterocycles. The molecule has 88 heavy (non-hydrogen) atoms. The number of carbonyl (C=O) groups excluding carboxylic acids is 7. The fourth-order valence-corrected chi connectivity index (χ4v) is 9.85. The molecule has 26 heteroatoms. The van der Waals surface area contributed by atoms with Crippen molar-refractivity contribution in [2.75, 3.05) is 65.7 Å². The molecule has 1 unspecified atom stereocenters. The summed E-state index contributed by atoms with van der Waals surface area (Å²) in [6, 6.07) is 27.6. The van der Waals surface area contributed by atoms with Gasteiger partial charge in [0, 0.05) is 72.1 Å². The van der Waals surface area contributed by atoms with Gasteiger partial charge in [-0.05, 0) is 79.6 Å². The van der Waals surface area contributed by atoms with Gasteiger partial charge in [0.2, 0.25) is 5.91 Å². The molecule has 4 aliphatic rings. The van der Waals surface area contributed by atoms with Gasteiger partial charge in [-0.3, -0.25) is 52.7 Å². The quantitative estimate of drug-likeness (QED) is 0.0944. The van der Waals surface area contributed by atoms with Crippen LogP contribution < -0.4 is 58.5 Å². The summed E-state index contributed by atoms with van der Waals surface area (Å²) in [6.45, 7) is 1.84. The molecule has 0 spiro atoms. The third kappa shape index (κ3) is 16.3. The number of pyridine rings is 4. The minimum absolute atomic E-state index is 0.00598. The Kier molecular flexibility index (Phi) is 22.5. The van der Waals surface area contributed by atoms with Crippen LogP contribution in [0.5, 0.6) is 0 Å². The average molecular weight is 1210 g/mol. The molecule has 1 saturated heterocycles. The Morgan fingerprint density at radius 2 is 1.10 bits per heavy atom. The Morgan fingerprint density at radius 3 is 1.75 bits per heavy atom. The first-order valence-electron chi connectivity index (χ1n) is 29.0. The first kappa shape index (κ1) is 64.1. The van der Waals surface area contributed by atoms with E-state index in [2.05, 4.69) is 26.6 Å². The molecule has 5 N–H and O–H groups in total. The fraction of sp³-hybridized carbons (Fsp3) is 0.371. The number of amides is 7. The van der Waals surface area contributed by atoms with E-state index in [-0.39, 0.29) is 126 Å². The molecule has 26 nitrogen and oxygen atoms in total. The second kappa shape index (κ2) is 30.9. The van der Waals surface area contributed by atoms with Crippen LogP contribution in [0, 0.1) is 0 Å². The standard InChI is InChI=1S/C62H71N11O15/c1-4-35-85-36-30-64-56(78)45-28-34-71(61(83)50-20-13-22-52(74)68(50)2)32-12-11-31-70(62(84)51-21-14-23-53(75)72(51)87-37-41-16-7-5-8-17-41)33-15-29-63-54(76)43-24-26-48(69(3)59(43)81)57(79)66-46-39-86-40-47(46)67-58(80)49-27-25-44(55(77)65-45)60(82)73(49)88-38-42-18-9-6-10-19-42/h5-10,13-14,16-27,45-47H,4,11-12,15,28-40H2,1-3H3,(H,63,76)(H,64,78)(H,65,77)(H,66,79)(H,67,80)/t45?,46-,47+/m1/s1. The number of rotatable bonds is 14. The summed E-state index contributed by atoms with van der Waals surface area (Å²) in [7, 11) is 2.75. The van der Waals surface area contributed by atoms with E-state index in [0.29, 0.717) is 16.9 Å². The van der Waals surface area contributed by atoms with Gasteiger partial charge >= 0.3 is 0 Å². The highest BCUT2D eigenvalue weighted by atomic mass is 16.7. The third-order valence-corrected chi connectivity index (χ3v) is 14.7. The highest BCUT2D eigenvalue weighted by Crippen LogP contribution is 2.15. The minimum atomic E-state index is -1.41. The van der Waals surface area contributed by atoms with Gasteiger partial charge in [0.25, 0.3) is 57.7 Å². The Bertz CT molecular complexity index is 3730. The summed E-state index contributed by atoms with van der Waals surface area (Å²) in [5.74, 6) is -5.29. The average Bonchev–Trinajstić information content (AvgIpc) is 4.05. The highest BCUT2D eigenvalue weighted by Gasteiger charge is 2.34. The normalized spacial score (nSPS) is 17.4. The van der Waals surface area contributed by atoms with E-state index in [9.17, 15) is 52.7 Å². The number of ether oxygens (including phenoxy) is 2. The number of aromatic nitrogens is 4. The van der Waals surface area contributed by atoms with Crippen molar-refractivity contribution in [3.05, 3.63) is 208 Å². The van der Waals surface area contributed by atoms with Gasteiger partial charge in [-0.2, -0.15) is 0 Å². The van der Waals surface area contributed by atoms with Gasteiger partial charge in [-0.15, -0.1) is 9.46 Å². The molecule has 3 atom stereocenters. The van der Waals surface area contributed by atoms with Crippen LogP contribution in [0.4, 0.5) is 0 Å². The van der Waals surface area contributed by atoms with Crippen LogP contribution in [0.2, 0.25) is 0 Å². The van der Waals surface area contributed by atoms with Crippen LogP contribution in [0.15, 0.2) is 141 Å². The summed E-state index contributed by atoms with van der Waals surface area (Å²) in [5, 5.41) is 13.7. The molecule has 6 aromatic rings. The molecule has 7 amide bonds. The monoisotopic (exact) mass is 1210 g/mol. The number of fused-ring (bicyclic) bond motifs is 2. The van der Waals surface area contributed by atoms with Gasteiger partial charge in [0.05, 0.1) is 31.9 Å². The Labute approximate surface area is 505 Å². The lowest BCUT2D eigenvalue weighted by Gasteiger charge is -2.27. The maximum Gasteiger partial charge on any atom is 0.296 e. The first-order chi connectivity index (χ1) is 42.5. The molecule has 8 heterocycles. The maximum absolute atomic E-state index is 14.7. The van der Waals surface area contributed by atoms with E-state index in [0.717, 1.165) is 27.3 Å². The number of nitrogens with one attached hydrogen (secondary N) is 5. The summed E-state index contributed by atoms with van der Waals surface area (Å²) in [4.78, 5) is 169. The number of nitrogens with zero attached hydrogens (tertiary/aromatic N) is 6. The van der Waals surface area contributed by atoms with Crippen LogP contribution in [0.3, 0.4) is 0 Å². The van der Waals surface area contributed by atoms with Crippen LogP contribution in [0.1, 0.15) is 113 Å². The number of hydrogen-bond donors (Lipinski definition) is 5. The lowest BCUT2D eigenvalue weighted by atomic mass is 10.1. The Hall–Kier alpha value is -9.95. The molecule has 0 radical (unpaired) electrons. The van der Waals surface area contributed by atoms with E-state index >= 15 is 0 Å². The lowest BCUT2D eigenvalue weighted by molar-refractivity contribution is -0.123. The van der Waals surface area contributed by atoms with Gasteiger partial charge in [0.15, 0.2) is 0 Å². The molecule has 0 aliphatic carbocycles. The minimum Gasteiger partial charge on any atom is -0.405 e. The highest BCUT2D eigenvalue weighted by molar-refractivity contribution is 5.99. The van der Waals surface area contributed by atoms with Gasteiger partial charge in [-0.25, -0.2) is 0 Å². The molecule has 1 fully saturated rings. The van der Waals surface area contributed by atoms with E-state index in [4.69, 9.17) is 19.1 Å². The van der Waals surface area contributed by atoms with Crippen molar-refractivity contribution in [3.8, 4) is 0 Å². The molecule has 4 bridgehead atoms. The fourth-order valence-electron chi connectivity index (χ4n) is 9.85. The number of benzene rings is 2. The zero-order chi connectivity index (χ0) is 62.7. The third-order valence-electron chi connectivity index (χ3n) is 14.7. The molecule has 0 saturated carbocycles. The molecular weight excluding hydrogens is 1140 g/mol. The summed E-state index contributed by atoms with van der Waals surface area (Å²) in [5.41, 5.74) is -3.03. The van der Waals surface area contributed by atoms with Crippen LogP contribution >= 0.6 is 0 Å². The Balaban J connectivity index is 1.14. The maximum atomic E-state index is 14.7. The van der Waals surface area contributed by atoms with Crippen molar-refractivity contribution < 1.29 is 52.7 Å². The van der Waals surface area contributed by atoms with Gasteiger partial charge in [-0.1, -0.05) is 79.7 Å². The van der Waals surface area contributed by atoms with Gasteiger partial charge in [0.1, 0.15) is 53.2 Å². The summed E-state index contributed by atoms with van der Waals surface area (Å²) in [6.07, 6.45) is 1.07.